The van der Waals surface area contributed by atoms with Crippen LogP contribution in [0.5, 0.6) is 0 Å². The van der Waals surface area contributed by atoms with E-state index < -0.39 is 12.9 Å². The van der Waals surface area contributed by atoms with Gasteiger partial charge in [0.15, 0.2) is 0 Å². The molecule has 1 aromatic carbocycles. The summed E-state index contributed by atoms with van der Waals surface area (Å²) in [7, 11) is -1.78. The molecule has 0 aliphatic rings. The predicted octanol–water partition coefficient (Wildman–Crippen LogP) is 1.59. The van der Waals surface area contributed by atoms with Gasteiger partial charge in [0, 0.05) is 23.4 Å². The van der Waals surface area contributed by atoms with Gasteiger partial charge in [-0.1, -0.05) is 25.1 Å². The standard InChI is InChI=1S/C14H17BFNO2S/c1-2-17(10-12-4-3-7-20-12)9-11-5-6-14(16)13(8-11)15(18)19/h3-8,18-19H,2,9-10H2,1H3. The third-order valence-electron chi connectivity index (χ3n) is 3.15. The zero-order valence-corrected chi connectivity index (χ0v) is 12.1. The lowest BCUT2D eigenvalue weighted by molar-refractivity contribution is 0.274. The van der Waals surface area contributed by atoms with Gasteiger partial charge in [-0.05, 0) is 29.6 Å². The van der Waals surface area contributed by atoms with Crippen molar-refractivity contribution >= 4 is 23.9 Å². The number of halogens is 1. The highest BCUT2D eigenvalue weighted by Crippen LogP contribution is 2.14. The Hall–Kier alpha value is -1.21. The van der Waals surface area contributed by atoms with E-state index in [0.717, 1.165) is 18.7 Å². The summed E-state index contributed by atoms with van der Waals surface area (Å²) in [6.07, 6.45) is 0. The first kappa shape index (κ1) is 15.2. The number of hydrogen-bond donors (Lipinski definition) is 2. The molecule has 20 heavy (non-hydrogen) atoms. The first-order valence-electron chi connectivity index (χ1n) is 6.49. The fraction of sp³-hybridized carbons (Fsp3) is 0.286. The van der Waals surface area contributed by atoms with Crippen molar-refractivity contribution < 1.29 is 14.4 Å². The van der Waals surface area contributed by atoms with Crippen molar-refractivity contribution in [2.45, 2.75) is 20.0 Å². The molecule has 2 N–H and O–H groups in total. The molecule has 2 aromatic rings. The summed E-state index contributed by atoms with van der Waals surface area (Å²) >= 11 is 1.71. The summed E-state index contributed by atoms with van der Waals surface area (Å²) in [6.45, 7) is 4.42. The zero-order valence-electron chi connectivity index (χ0n) is 11.3. The molecule has 0 radical (unpaired) electrons. The third kappa shape index (κ3) is 3.90. The minimum atomic E-state index is -1.78. The molecule has 1 heterocycles. The average Bonchev–Trinajstić information content (AvgIpc) is 2.92. The Kier molecular flexibility index (Phi) is 5.31. The number of rotatable bonds is 6. The number of thiophene rings is 1. The van der Waals surface area contributed by atoms with Crippen molar-refractivity contribution in [3.8, 4) is 0 Å². The summed E-state index contributed by atoms with van der Waals surface area (Å²) in [5.41, 5.74) is 0.794. The molecule has 0 saturated heterocycles. The smallest absolute Gasteiger partial charge is 0.423 e. The van der Waals surface area contributed by atoms with Crippen LogP contribution in [0.25, 0.3) is 0 Å². The van der Waals surface area contributed by atoms with Crippen molar-refractivity contribution in [1.29, 1.82) is 0 Å². The maximum absolute atomic E-state index is 13.4. The van der Waals surface area contributed by atoms with Gasteiger partial charge in [0.1, 0.15) is 5.82 Å². The first-order chi connectivity index (χ1) is 9.60. The molecule has 106 valence electrons. The maximum atomic E-state index is 13.4. The Morgan fingerprint density at radius 3 is 2.65 bits per heavy atom. The average molecular weight is 293 g/mol. The van der Waals surface area contributed by atoms with E-state index in [4.69, 9.17) is 10.0 Å². The van der Waals surface area contributed by atoms with Crippen molar-refractivity contribution in [1.82, 2.24) is 4.90 Å². The molecule has 0 aliphatic heterocycles. The molecule has 0 bridgehead atoms. The van der Waals surface area contributed by atoms with Crippen molar-refractivity contribution in [2.75, 3.05) is 6.54 Å². The largest absolute Gasteiger partial charge is 0.491 e. The van der Waals surface area contributed by atoms with E-state index in [0.29, 0.717) is 6.54 Å². The van der Waals surface area contributed by atoms with Gasteiger partial charge in [-0.2, -0.15) is 0 Å². The summed E-state index contributed by atoms with van der Waals surface area (Å²) in [6, 6.07) is 8.57. The summed E-state index contributed by atoms with van der Waals surface area (Å²) in [4.78, 5) is 3.49. The molecule has 0 fully saturated rings. The Bertz CT molecular complexity index is 548. The van der Waals surface area contributed by atoms with Gasteiger partial charge in [0.2, 0.25) is 0 Å². The molecular formula is C14H17BFNO2S. The fourth-order valence-corrected chi connectivity index (χ4v) is 2.80. The second kappa shape index (κ2) is 6.99. The molecule has 0 unspecified atom stereocenters. The van der Waals surface area contributed by atoms with Crippen LogP contribution >= 0.6 is 11.3 Å². The van der Waals surface area contributed by atoms with Crippen molar-refractivity contribution in [3.05, 3.63) is 52.0 Å². The van der Waals surface area contributed by atoms with Crippen LogP contribution in [0, 0.1) is 5.82 Å². The van der Waals surface area contributed by atoms with E-state index in [2.05, 4.69) is 17.9 Å². The highest BCUT2D eigenvalue weighted by Gasteiger charge is 2.17. The lowest BCUT2D eigenvalue weighted by Gasteiger charge is -2.20. The summed E-state index contributed by atoms with van der Waals surface area (Å²) in [5, 5.41) is 20.3. The van der Waals surface area contributed by atoms with Crippen LogP contribution in [-0.4, -0.2) is 28.6 Å². The van der Waals surface area contributed by atoms with Gasteiger partial charge < -0.3 is 10.0 Å². The molecule has 6 heteroatoms. The van der Waals surface area contributed by atoms with Crippen LogP contribution in [0.4, 0.5) is 4.39 Å². The van der Waals surface area contributed by atoms with E-state index in [1.54, 1.807) is 17.4 Å². The van der Waals surface area contributed by atoms with Crippen LogP contribution < -0.4 is 5.46 Å². The van der Waals surface area contributed by atoms with E-state index in [1.807, 2.05) is 11.4 Å². The second-order valence-corrected chi connectivity index (χ2v) is 5.64. The Balaban J connectivity index is 2.09. The SMILES string of the molecule is CCN(Cc1ccc(F)c(B(O)O)c1)Cc1cccs1. The molecule has 0 aliphatic carbocycles. The summed E-state index contributed by atoms with van der Waals surface area (Å²) < 4.78 is 13.4. The number of nitrogens with zero attached hydrogens (tertiary/aromatic N) is 1. The highest BCUT2D eigenvalue weighted by atomic mass is 32.1. The summed E-state index contributed by atoms with van der Waals surface area (Å²) in [5.74, 6) is -0.593. The monoisotopic (exact) mass is 293 g/mol. The number of benzene rings is 1. The van der Waals surface area contributed by atoms with Gasteiger partial charge in [-0.15, -0.1) is 11.3 Å². The Morgan fingerprint density at radius 2 is 2.05 bits per heavy atom. The van der Waals surface area contributed by atoms with E-state index in [9.17, 15) is 4.39 Å². The van der Waals surface area contributed by atoms with Crippen LogP contribution in [0.1, 0.15) is 17.4 Å². The van der Waals surface area contributed by atoms with Gasteiger partial charge in [0.05, 0.1) is 0 Å². The molecule has 0 amide bonds. The van der Waals surface area contributed by atoms with Crippen molar-refractivity contribution in [2.24, 2.45) is 0 Å². The normalized spacial score (nSPS) is 11.1. The lowest BCUT2D eigenvalue weighted by Crippen LogP contribution is -2.33. The van der Waals surface area contributed by atoms with E-state index in [1.165, 1.54) is 17.0 Å². The first-order valence-corrected chi connectivity index (χ1v) is 7.37. The molecule has 2 rings (SSSR count). The topological polar surface area (TPSA) is 43.7 Å². The second-order valence-electron chi connectivity index (χ2n) is 4.61. The van der Waals surface area contributed by atoms with Gasteiger partial charge >= 0.3 is 7.12 Å². The van der Waals surface area contributed by atoms with Crippen LogP contribution in [0.2, 0.25) is 0 Å². The van der Waals surface area contributed by atoms with Crippen molar-refractivity contribution in [3.63, 3.8) is 0 Å². The molecule has 0 spiro atoms. The minimum Gasteiger partial charge on any atom is -0.423 e. The highest BCUT2D eigenvalue weighted by molar-refractivity contribution is 7.09. The third-order valence-corrected chi connectivity index (χ3v) is 4.01. The van der Waals surface area contributed by atoms with Gasteiger partial charge in [0.25, 0.3) is 0 Å². The molecular weight excluding hydrogens is 276 g/mol. The quantitative estimate of drug-likeness (QED) is 0.795. The molecule has 0 saturated carbocycles. The molecule has 3 nitrogen and oxygen atoms in total. The lowest BCUT2D eigenvalue weighted by atomic mass is 9.79. The Labute approximate surface area is 122 Å². The molecule has 0 atom stereocenters. The fourth-order valence-electron chi connectivity index (χ4n) is 2.05. The van der Waals surface area contributed by atoms with E-state index in [-0.39, 0.29) is 5.46 Å². The van der Waals surface area contributed by atoms with Gasteiger partial charge in [-0.3, -0.25) is 4.90 Å². The molecule has 1 aromatic heterocycles. The predicted molar refractivity (Wildman–Crippen MR) is 80.3 cm³/mol. The minimum absolute atomic E-state index is 0.0744. The van der Waals surface area contributed by atoms with Crippen LogP contribution in [-0.2, 0) is 13.1 Å². The van der Waals surface area contributed by atoms with Crippen LogP contribution in [0.15, 0.2) is 35.7 Å². The Morgan fingerprint density at radius 1 is 1.25 bits per heavy atom. The maximum Gasteiger partial charge on any atom is 0.491 e. The number of hydrogen-bond acceptors (Lipinski definition) is 4. The van der Waals surface area contributed by atoms with Crippen LogP contribution in [0.3, 0.4) is 0 Å². The van der Waals surface area contributed by atoms with Gasteiger partial charge in [-0.25, -0.2) is 4.39 Å². The van der Waals surface area contributed by atoms with E-state index >= 15 is 0 Å². The zero-order chi connectivity index (χ0) is 14.5.